The molecule has 0 heterocycles. The largest absolute Gasteiger partial charge is 0.493 e. The molecule has 0 aliphatic rings. The van der Waals surface area contributed by atoms with Crippen LogP contribution in [0.4, 0.5) is 4.39 Å². The van der Waals surface area contributed by atoms with E-state index in [-0.39, 0.29) is 0 Å². The summed E-state index contributed by atoms with van der Waals surface area (Å²) in [6.45, 7) is 3.85. The van der Waals surface area contributed by atoms with Crippen molar-refractivity contribution >= 4 is 17.9 Å². The first-order chi connectivity index (χ1) is 13.9. The molecule has 2 aromatic carbocycles. The van der Waals surface area contributed by atoms with Crippen LogP contribution in [0.15, 0.2) is 48.5 Å². The second kappa shape index (κ2) is 10.7. The molecule has 0 bridgehead atoms. The molecule has 0 radical (unpaired) electrons. The number of rotatable bonds is 8. The first-order valence-electron chi connectivity index (χ1n) is 8.94. The van der Waals surface area contributed by atoms with Crippen molar-refractivity contribution in [2.24, 2.45) is 0 Å². The number of methoxy groups -OCH3 is 1. The zero-order chi connectivity index (χ0) is 21.2. The molecule has 29 heavy (non-hydrogen) atoms. The van der Waals surface area contributed by atoms with Crippen LogP contribution in [-0.4, -0.2) is 31.6 Å². The Labute approximate surface area is 168 Å². The van der Waals surface area contributed by atoms with Gasteiger partial charge in [-0.3, -0.25) is 20.4 Å². The zero-order valence-corrected chi connectivity index (χ0v) is 16.4. The Bertz CT molecular complexity index is 868. The highest BCUT2D eigenvalue weighted by Crippen LogP contribution is 2.28. The molecule has 0 unspecified atom stereocenters. The molecule has 1 atom stereocenters. The van der Waals surface area contributed by atoms with E-state index in [0.717, 1.165) is 5.56 Å². The van der Waals surface area contributed by atoms with Crippen LogP contribution in [0.2, 0.25) is 0 Å². The summed E-state index contributed by atoms with van der Waals surface area (Å²) in [5.74, 6) is 0.0115. The maximum Gasteiger partial charge on any atom is 0.279 e. The topological polar surface area (TPSA) is 85.9 Å². The van der Waals surface area contributed by atoms with E-state index >= 15 is 0 Å². The number of hydrogen-bond donors (Lipinski definition) is 2. The number of benzene rings is 2. The van der Waals surface area contributed by atoms with Crippen molar-refractivity contribution in [1.82, 2.24) is 10.9 Å². The van der Waals surface area contributed by atoms with Gasteiger partial charge in [0.05, 0.1) is 13.7 Å². The zero-order valence-electron chi connectivity index (χ0n) is 16.4. The van der Waals surface area contributed by atoms with Crippen molar-refractivity contribution in [3.8, 4) is 17.2 Å². The molecule has 2 amide bonds. The Morgan fingerprint density at radius 1 is 1.10 bits per heavy atom. The van der Waals surface area contributed by atoms with Gasteiger partial charge < -0.3 is 14.2 Å². The van der Waals surface area contributed by atoms with E-state index in [1.807, 2.05) is 6.92 Å². The van der Waals surface area contributed by atoms with Crippen molar-refractivity contribution < 1.29 is 28.2 Å². The predicted molar refractivity (Wildman–Crippen MR) is 106 cm³/mol. The molecular formula is C21H23FN2O5. The van der Waals surface area contributed by atoms with Crippen LogP contribution in [-0.2, 0) is 9.59 Å². The standard InChI is InChI=1S/C21H23FN2O5/c1-4-28-19-13-15(5-11-18(19)27-3)6-12-20(25)23-24-21(26)14(2)29-17-9-7-16(22)8-10-17/h5-14H,4H2,1-3H3,(H,23,25)(H,24,26)/b12-6+/t14-/m0/s1. The fourth-order valence-electron chi connectivity index (χ4n) is 2.27. The minimum atomic E-state index is -0.889. The minimum Gasteiger partial charge on any atom is -0.493 e. The third-order valence-electron chi connectivity index (χ3n) is 3.72. The van der Waals surface area contributed by atoms with E-state index in [1.165, 1.54) is 37.3 Å². The third-order valence-corrected chi connectivity index (χ3v) is 3.72. The van der Waals surface area contributed by atoms with Gasteiger partial charge in [-0.15, -0.1) is 0 Å². The third kappa shape index (κ3) is 6.84. The lowest BCUT2D eigenvalue weighted by Gasteiger charge is -2.14. The Hall–Kier alpha value is -3.55. The van der Waals surface area contributed by atoms with Crippen LogP contribution in [0.25, 0.3) is 6.08 Å². The number of amides is 2. The molecule has 0 aliphatic heterocycles. The maximum atomic E-state index is 12.9. The highest BCUT2D eigenvalue weighted by molar-refractivity contribution is 5.93. The highest BCUT2D eigenvalue weighted by atomic mass is 19.1. The van der Waals surface area contributed by atoms with E-state index in [4.69, 9.17) is 14.2 Å². The molecule has 2 aromatic rings. The Balaban J connectivity index is 1.86. The first-order valence-corrected chi connectivity index (χ1v) is 8.94. The predicted octanol–water partition coefficient (Wildman–Crippen LogP) is 2.86. The monoisotopic (exact) mass is 402 g/mol. The fourth-order valence-corrected chi connectivity index (χ4v) is 2.27. The minimum absolute atomic E-state index is 0.338. The second-order valence-corrected chi connectivity index (χ2v) is 5.87. The van der Waals surface area contributed by atoms with E-state index in [1.54, 1.807) is 31.4 Å². The molecule has 0 aliphatic carbocycles. The first kappa shape index (κ1) is 21.7. The summed E-state index contributed by atoms with van der Waals surface area (Å²) in [5, 5.41) is 0. The molecular weight excluding hydrogens is 379 g/mol. The molecule has 154 valence electrons. The number of carbonyl (C=O) groups is 2. The molecule has 7 nitrogen and oxygen atoms in total. The van der Waals surface area contributed by atoms with Crippen molar-refractivity contribution in [2.75, 3.05) is 13.7 Å². The van der Waals surface area contributed by atoms with E-state index < -0.39 is 23.7 Å². The van der Waals surface area contributed by atoms with Gasteiger partial charge in [-0.2, -0.15) is 0 Å². The summed E-state index contributed by atoms with van der Waals surface area (Å²) < 4.78 is 29.0. The smallest absolute Gasteiger partial charge is 0.279 e. The summed E-state index contributed by atoms with van der Waals surface area (Å²) in [6.07, 6.45) is 1.95. The summed E-state index contributed by atoms with van der Waals surface area (Å²) in [5.41, 5.74) is 5.26. The lowest BCUT2D eigenvalue weighted by Crippen LogP contribution is -2.46. The molecule has 8 heteroatoms. The molecule has 0 spiro atoms. The van der Waals surface area contributed by atoms with E-state index in [0.29, 0.717) is 23.9 Å². The normalized spacial score (nSPS) is 11.6. The number of hydrazine groups is 1. The number of hydrogen-bond acceptors (Lipinski definition) is 5. The highest BCUT2D eigenvalue weighted by Gasteiger charge is 2.15. The van der Waals surface area contributed by atoms with Crippen LogP contribution in [0, 0.1) is 5.82 Å². The summed E-state index contributed by atoms with van der Waals surface area (Å²) in [4.78, 5) is 23.9. The quantitative estimate of drug-likeness (QED) is 0.524. The lowest BCUT2D eigenvalue weighted by atomic mass is 10.2. The van der Waals surface area contributed by atoms with Crippen LogP contribution in [0.1, 0.15) is 19.4 Å². The number of carbonyl (C=O) groups excluding carboxylic acids is 2. The average molecular weight is 402 g/mol. The molecule has 2 rings (SSSR count). The maximum absolute atomic E-state index is 12.9. The van der Waals surface area contributed by atoms with Gasteiger partial charge in [0.25, 0.3) is 11.8 Å². The summed E-state index contributed by atoms with van der Waals surface area (Å²) >= 11 is 0. The van der Waals surface area contributed by atoms with Crippen LogP contribution in [0.5, 0.6) is 17.2 Å². The van der Waals surface area contributed by atoms with Crippen LogP contribution in [0.3, 0.4) is 0 Å². The van der Waals surface area contributed by atoms with Crippen molar-refractivity contribution in [2.45, 2.75) is 20.0 Å². The van der Waals surface area contributed by atoms with Crippen LogP contribution >= 0.6 is 0 Å². The van der Waals surface area contributed by atoms with Gasteiger partial charge in [0, 0.05) is 6.08 Å². The molecule has 0 fully saturated rings. The Kier molecular flexibility index (Phi) is 8.02. The molecule has 0 aromatic heterocycles. The molecule has 0 saturated carbocycles. The van der Waals surface area contributed by atoms with Gasteiger partial charge in [0.2, 0.25) is 0 Å². The van der Waals surface area contributed by atoms with Gasteiger partial charge in [0.15, 0.2) is 17.6 Å². The van der Waals surface area contributed by atoms with Gasteiger partial charge >= 0.3 is 0 Å². The Morgan fingerprint density at radius 3 is 2.48 bits per heavy atom. The molecule has 0 saturated heterocycles. The summed E-state index contributed by atoms with van der Waals surface area (Å²) in [6, 6.07) is 10.5. The average Bonchev–Trinajstić information content (AvgIpc) is 2.72. The lowest BCUT2D eigenvalue weighted by molar-refractivity contribution is -0.131. The van der Waals surface area contributed by atoms with Crippen molar-refractivity contribution in [3.63, 3.8) is 0 Å². The number of halogens is 1. The van der Waals surface area contributed by atoms with Crippen LogP contribution < -0.4 is 25.1 Å². The van der Waals surface area contributed by atoms with Gasteiger partial charge in [-0.1, -0.05) is 6.07 Å². The van der Waals surface area contributed by atoms with Gasteiger partial charge in [0.1, 0.15) is 11.6 Å². The second-order valence-electron chi connectivity index (χ2n) is 5.87. The molecule has 2 N–H and O–H groups in total. The fraction of sp³-hybridized carbons (Fsp3) is 0.238. The number of nitrogens with one attached hydrogen (secondary N) is 2. The van der Waals surface area contributed by atoms with Gasteiger partial charge in [-0.25, -0.2) is 4.39 Å². The number of ether oxygens (including phenoxy) is 3. The van der Waals surface area contributed by atoms with Crippen molar-refractivity contribution in [3.05, 3.63) is 59.9 Å². The van der Waals surface area contributed by atoms with E-state index in [2.05, 4.69) is 10.9 Å². The van der Waals surface area contributed by atoms with Gasteiger partial charge in [-0.05, 0) is 61.9 Å². The van der Waals surface area contributed by atoms with E-state index in [9.17, 15) is 14.0 Å². The van der Waals surface area contributed by atoms with Crippen molar-refractivity contribution in [1.29, 1.82) is 0 Å². The summed E-state index contributed by atoms with van der Waals surface area (Å²) in [7, 11) is 1.55. The Morgan fingerprint density at radius 2 is 1.83 bits per heavy atom. The SMILES string of the molecule is CCOc1cc(/C=C/C(=O)NNC(=O)[C@H](C)Oc2ccc(F)cc2)ccc1OC.